The van der Waals surface area contributed by atoms with Gasteiger partial charge in [-0.15, -0.1) is 0 Å². The number of nitrogens with zero attached hydrogens (tertiary/aromatic N) is 3. The quantitative estimate of drug-likeness (QED) is 0.478. The molecular weight excluding hydrogens is 328 g/mol. The lowest BCUT2D eigenvalue weighted by atomic mass is 9.97. The molecule has 0 saturated carbocycles. The minimum Gasteiger partial charge on any atom is -0.466 e. The van der Waals surface area contributed by atoms with Gasteiger partial charge in [0, 0.05) is 26.7 Å². The highest BCUT2D eigenvalue weighted by Crippen LogP contribution is 2.20. The third-order valence-corrected chi connectivity index (χ3v) is 4.89. The number of likely N-dealkylation sites (N-methyl/N-ethyl adjacent to an activating group) is 1. The summed E-state index contributed by atoms with van der Waals surface area (Å²) in [6.45, 7) is 4.73. The van der Waals surface area contributed by atoms with Crippen LogP contribution in [0.2, 0.25) is 0 Å². The summed E-state index contributed by atoms with van der Waals surface area (Å²) in [5.41, 5.74) is 1.28. The van der Waals surface area contributed by atoms with Crippen molar-refractivity contribution in [3.8, 4) is 0 Å². The molecule has 0 spiro atoms. The Bertz CT molecular complexity index is 581. The van der Waals surface area contributed by atoms with Gasteiger partial charge in [0.1, 0.15) is 0 Å². The van der Waals surface area contributed by atoms with Crippen molar-refractivity contribution < 1.29 is 9.53 Å². The molecule has 1 atom stereocenters. The fourth-order valence-electron chi connectivity index (χ4n) is 3.38. The summed E-state index contributed by atoms with van der Waals surface area (Å²) in [4.78, 5) is 20.8. The standard InChI is InChI=1S/C20H32N4O2/c1-5-26-19(25)17-11-13-24(14-12-17)20(21-2)22-15-18(23(3)4)16-9-7-6-8-10-16/h6-10,17-18H,5,11-15H2,1-4H3,(H,21,22). The zero-order valence-electron chi connectivity index (χ0n) is 16.4. The van der Waals surface area contributed by atoms with Crippen molar-refractivity contribution in [3.05, 3.63) is 35.9 Å². The lowest BCUT2D eigenvalue weighted by molar-refractivity contribution is -0.149. The molecule has 1 aliphatic rings. The first kappa shape index (κ1) is 20.2. The average Bonchev–Trinajstić information content (AvgIpc) is 2.66. The van der Waals surface area contributed by atoms with Crippen molar-refractivity contribution in [1.82, 2.24) is 15.1 Å². The van der Waals surface area contributed by atoms with Crippen LogP contribution in [0.1, 0.15) is 31.4 Å². The third-order valence-electron chi connectivity index (χ3n) is 4.89. The first-order valence-electron chi connectivity index (χ1n) is 9.40. The largest absolute Gasteiger partial charge is 0.466 e. The van der Waals surface area contributed by atoms with E-state index in [0.29, 0.717) is 6.61 Å². The second-order valence-electron chi connectivity index (χ2n) is 6.83. The normalized spacial score (nSPS) is 17.3. The summed E-state index contributed by atoms with van der Waals surface area (Å²) in [6, 6.07) is 10.8. The van der Waals surface area contributed by atoms with Gasteiger partial charge < -0.3 is 19.9 Å². The van der Waals surface area contributed by atoms with Gasteiger partial charge in [-0.1, -0.05) is 30.3 Å². The summed E-state index contributed by atoms with van der Waals surface area (Å²) < 4.78 is 5.15. The van der Waals surface area contributed by atoms with E-state index in [2.05, 4.69) is 58.5 Å². The summed E-state index contributed by atoms with van der Waals surface area (Å²) in [5.74, 6) is 0.852. The summed E-state index contributed by atoms with van der Waals surface area (Å²) >= 11 is 0. The molecule has 6 heteroatoms. The molecule has 6 nitrogen and oxygen atoms in total. The number of nitrogens with one attached hydrogen (secondary N) is 1. The van der Waals surface area contributed by atoms with Gasteiger partial charge in [0.25, 0.3) is 0 Å². The summed E-state index contributed by atoms with van der Waals surface area (Å²) in [6.07, 6.45) is 1.63. The van der Waals surface area contributed by atoms with Crippen LogP contribution in [0, 0.1) is 5.92 Å². The van der Waals surface area contributed by atoms with Gasteiger partial charge in [-0.25, -0.2) is 0 Å². The Kier molecular flexibility index (Phi) is 7.91. The highest BCUT2D eigenvalue weighted by molar-refractivity contribution is 5.80. The molecule has 1 N–H and O–H groups in total. The van der Waals surface area contributed by atoms with E-state index in [1.54, 1.807) is 0 Å². The highest BCUT2D eigenvalue weighted by Gasteiger charge is 2.27. The topological polar surface area (TPSA) is 57.2 Å². The summed E-state index contributed by atoms with van der Waals surface area (Å²) in [7, 11) is 5.99. The molecule has 144 valence electrons. The fourth-order valence-corrected chi connectivity index (χ4v) is 3.38. The van der Waals surface area contributed by atoms with Gasteiger partial charge >= 0.3 is 5.97 Å². The molecule has 1 heterocycles. The SMILES string of the molecule is CCOC(=O)C1CCN(C(=NC)NCC(c2ccccc2)N(C)C)CC1. The second kappa shape index (κ2) is 10.2. The molecule has 1 fully saturated rings. The van der Waals surface area contributed by atoms with E-state index in [1.165, 1.54) is 5.56 Å². The number of hydrogen-bond acceptors (Lipinski definition) is 4. The van der Waals surface area contributed by atoms with Crippen molar-refractivity contribution in [1.29, 1.82) is 0 Å². The molecule has 1 aromatic rings. The number of likely N-dealkylation sites (tertiary alicyclic amines) is 1. The molecule has 1 aliphatic heterocycles. The van der Waals surface area contributed by atoms with Crippen LogP contribution in [0.4, 0.5) is 0 Å². The number of benzene rings is 1. The van der Waals surface area contributed by atoms with E-state index in [0.717, 1.165) is 38.4 Å². The van der Waals surface area contributed by atoms with Crippen LogP contribution in [0.3, 0.4) is 0 Å². The predicted molar refractivity (Wildman–Crippen MR) is 105 cm³/mol. The van der Waals surface area contributed by atoms with Gasteiger partial charge in [0.05, 0.1) is 18.6 Å². The predicted octanol–water partition coefficient (Wildman–Crippen LogP) is 2.14. The van der Waals surface area contributed by atoms with Gasteiger partial charge in [0.2, 0.25) is 0 Å². The van der Waals surface area contributed by atoms with Crippen molar-refractivity contribution >= 4 is 11.9 Å². The number of carbonyl (C=O) groups excluding carboxylic acids is 1. The number of ether oxygens (including phenoxy) is 1. The maximum absolute atomic E-state index is 11.9. The van der Waals surface area contributed by atoms with Crippen LogP contribution in [0.25, 0.3) is 0 Å². The van der Waals surface area contributed by atoms with Crippen LogP contribution in [0.5, 0.6) is 0 Å². The Hall–Kier alpha value is -2.08. The molecule has 0 amide bonds. The Morgan fingerprint density at radius 2 is 1.96 bits per heavy atom. The molecule has 2 rings (SSSR count). The van der Waals surface area contributed by atoms with Gasteiger partial charge in [0.15, 0.2) is 5.96 Å². The second-order valence-corrected chi connectivity index (χ2v) is 6.83. The maximum Gasteiger partial charge on any atom is 0.309 e. The minimum absolute atomic E-state index is 0.0168. The van der Waals surface area contributed by atoms with Crippen LogP contribution < -0.4 is 5.32 Å². The van der Waals surface area contributed by atoms with E-state index in [-0.39, 0.29) is 17.9 Å². The van der Waals surface area contributed by atoms with E-state index < -0.39 is 0 Å². The van der Waals surface area contributed by atoms with Crippen LogP contribution in [0.15, 0.2) is 35.3 Å². The number of carbonyl (C=O) groups is 1. The number of hydrogen-bond donors (Lipinski definition) is 1. The van der Waals surface area contributed by atoms with Crippen LogP contribution in [-0.4, -0.2) is 69.1 Å². The molecule has 1 aromatic carbocycles. The number of piperidine rings is 1. The van der Waals surface area contributed by atoms with E-state index >= 15 is 0 Å². The van der Waals surface area contributed by atoms with Crippen molar-refractivity contribution in [2.75, 3.05) is 47.4 Å². The molecule has 1 unspecified atom stereocenters. The Balaban J connectivity index is 1.90. The molecule has 0 aliphatic carbocycles. The van der Waals surface area contributed by atoms with Crippen molar-refractivity contribution in [2.24, 2.45) is 10.9 Å². The number of rotatable bonds is 6. The number of guanidine groups is 1. The van der Waals surface area contributed by atoms with Crippen LogP contribution >= 0.6 is 0 Å². The van der Waals surface area contributed by atoms with Gasteiger partial charge in [-0.05, 0) is 39.4 Å². The molecule has 0 aromatic heterocycles. The Labute approximate surface area is 157 Å². The Morgan fingerprint density at radius 1 is 1.31 bits per heavy atom. The first-order chi connectivity index (χ1) is 12.6. The van der Waals surface area contributed by atoms with E-state index in [4.69, 9.17) is 4.74 Å². The van der Waals surface area contributed by atoms with Crippen molar-refractivity contribution in [2.45, 2.75) is 25.8 Å². The Morgan fingerprint density at radius 3 is 2.50 bits per heavy atom. The third kappa shape index (κ3) is 5.46. The lowest BCUT2D eigenvalue weighted by Gasteiger charge is -2.34. The first-order valence-corrected chi connectivity index (χ1v) is 9.40. The molecular formula is C20H32N4O2. The molecule has 26 heavy (non-hydrogen) atoms. The minimum atomic E-state index is -0.0631. The van der Waals surface area contributed by atoms with Crippen LogP contribution in [-0.2, 0) is 9.53 Å². The fraction of sp³-hybridized carbons (Fsp3) is 0.600. The van der Waals surface area contributed by atoms with Gasteiger partial charge in [-0.2, -0.15) is 0 Å². The van der Waals surface area contributed by atoms with E-state index in [9.17, 15) is 4.79 Å². The lowest BCUT2D eigenvalue weighted by Crippen LogP contribution is -2.48. The van der Waals surface area contributed by atoms with E-state index in [1.807, 2.05) is 20.0 Å². The molecule has 0 bridgehead atoms. The zero-order valence-corrected chi connectivity index (χ0v) is 16.4. The molecule has 1 saturated heterocycles. The zero-order chi connectivity index (χ0) is 18.9. The van der Waals surface area contributed by atoms with Gasteiger partial charge in [-0.3, -0.25) is 9.79 Å². The average molecular weight is 361 g/mol. The maximum atomic E-state index is 11.9. The number of aliphatic imine (C=N–C) groups is 1. The summed E-state index contributed by atoms with van der Waals surface area (Å²) in [5, 5.41) is 3.51. The smallest absolute Gasteiger partial charge is 0.309 e. The monoisotopic (exact) mass is 360 g/mol. The number of esters is 1. The van der Waals surface area contributed by atoms with Crippen molar-refractivity contribution in [3.63, 3.8) is 0 Å². The highest BCUT2D eigenvalue weighted by atomic mass is 16.5. The molecule has 0 radical (unpaired) electrons.